The minimum Gasteiger partial charge on any atom is -0.469 e. The molecule has 0 N–H and O–H groups in total. The van der Waals surface area contributed by atoms with E-state index in [2.05, 4.69) is 4.74 Å². The highest BCUT2D eigenvalue weighted by Gasteiger charge is 2.23. The summed E-state index contributed by atoms with van der Waals surface area (Å²) < 4.78 is 15.5. The highest BCUT2D eigenvalue weighted by atomic mass is 16.6. The highest BCUT2D eigenvalue weighted by molar-refractivity contribution is 5.70. The number of hydrogen-bond acceptors (Lipinski definition) is 5. The first kappa shape index (κ1) is 16.3. The lowest BCUT2D eigenvalue weighted by Crippen LogP contribution is -2.33. The molecule has 22 heavy (non-hydrogen) atoms. The van der Waals surface area contributed by atoms with E-state index in [0.717, 1.165) is 5.56 Å². The quantitative estimate of drug-likeness (QED) is 0.796. The predicted molar refractivity (Wildman–Crippen MR) is 79.2 cm³/mol. The first-order chi connectivity index (χ1) is 10.7. The summed E-state index contributed by atoms with van der Waals surface area (Å²) in [5.41, 5.74) is 0.950. The number of nitrogens with zero attached hydrogens (tertiary/aromatic N) is 1. The molecule has 0 aromatic heterocycles. The monoisotopic (exact) mass is 307 g/mol. The van der Waals surface area contributed by atoms with Gasteiger partial charge in [0.2, 0.25) is 0 Å². The van der Waals surface area contributed by atoms with Crippen molar-refractivity contribution in [2.45, 2.75) is 25.6 Å². The summed E-state index contributed by atoms with van der Waals surface area (Å²) in [6.07, 6.45) is 0.240. The molecule has 1 fully saturated rings. The van der Waals surface area contributed by atoms with Crippen LogP contribution in [0.2, 0.25) is 0 Å². The second kappa shape index (κ2) is 8.38. The Labute approximate surface area is 129 Å². The molecule has 120 valence electrons. The average molecular weight is 307 g/mol. The molecule has 1 atom stereocenters. The number of carbonyl (C=O) groups excluding carboxylic acids is 2. The van der Waals surface area contributed by atoms with E-state index in [-0.39, 0.29) is 31.2 Å². The van der Waals surface area contributed by atoms with E-state index in [9.17, 15) is 9.59 Å². The fourth-order valence-electron chi connectivity index (χ4n) is 2.25. The number of benzene rings is 1. The van der Waals surface area contributed by atoms with Crippen LogP contribution < -0.4 is 0 Å². The molecule has 1 aromatic carbocycles. The van der Waals surface area contributed by atoms with E-state index in [1.165, 1.54) is 7.11 Å². The minimum absolute atomic E-state index is 0.209. The Balaban J connectivity index is 1.77. The molecule has 0 radical (unpaired) electrons. The van der Waals surface area contributed by atoms with Crippen molar-refractivity contribution >= 4 is 12.1 Å². The highest BCUT2D eigenvalue weighted by Crippen LogP contribution is 2.12. The van der Waals surface area contributed by atoms with Gasteiger partial charge in [0.25, 0.3) is 0 Å². The molecule has 0 saturated carbocycles. The number of esters is 1. The van der Waals surface area contributed by atoms with Gasteiger partial charge in [0.05, 0.1) is 26.2 Å². The molecule has 1 aliphatic rings. The topological polar surface area (TPSA) is 65.1 Å². The van der Waals surface area contributed by atoms with E-state index >= 15 is 0 Å². The zero-order chi connectivity index (χ0) is 15.8. The van der Waals surface area contributed by atoms with Crippen molar-refractivity contribution in [1.82, 2.24) is 4.90 Å². The van der Waals surface area contributed by atoms with E-state index in [1.54, 1.807) is 4.90 Å². The van der Waals surface area contributed by atoms with E-state index in [0.29, 0.717) is 26.1 Å². The van der Waals surface area contributed by atoms with Gasteiger partial charge in [-0.1, -0.05) is 30.3 Å². The first-order valence-corrected chi connectivity index (χ1v) is 7.33. The van der Waals surface area contributed by atoms with Crippen LogP contribution in [0.4, 0.5) is 4.79 Å². The van der Waals surface area contributed by atoms with Crippen molar-refractivity contribution in [2.75, 3.05) is 26.8 Å². The van der Waals surface area contributed by atoms with E-state index in [1.807, 2.05) is 30.3 Å². The van der Waals surface area contributed by atoms with Crippen LogP contribution in [-0.2, 0) is 25.6 Å². The normalized spacial score (nSPS) is 18.4. The van der Waals surface area contributed by atoms with E-state index < -0.39 is 0 Å². The van der Waals surface area contributed by atoms with Crippen molar-refractivity contribution in [1.29, 1.82) is 0 Å². The van der Waals surface area contributed by atoms with Gasteiger partial charge in [-0.2, -0.15) is 0 Å². The SMILES string of the molecule is COC(=O)CC1CCN(C(=O)OCc2ccccc2)CCO1. The van der Waals surface area contributed by atoms with Crippen molar-refractivity contribution in [3.05, 3.63) is 35.9 Å². The van der Waals surface area contributed by atoms with Crippen LogP contribution in [0, 0.1) is 0 Å². The molecule has 6 nitrogen and oxygen atoms in total. The standard InChI is InChI=1S/C16H21NO5/c1-20-15(18)11-14-7-8-17(9-10-21-14)16(19)22-12-13-5-3-2-4-6-13/h2-6,14H,7-12H2,1H3. The lowest BCUT2D eigenvalue weighted by atomic mass is 10.2. The second-order valence-corrected chi connectivity index (χ2v) is 5.09. The molecule has 0 bridgehead atoms. The molecule has 1 aliphatic heterocycles. The molecule has 6 heteroatoms. The third-order valence-electron chi connectivity index (χ3n) is 3.52. The number of carbonyl (C=O) groups is 2. The Morgan fingerprint density at radius 2 is 2.05 bits per heavy atom. The van der Waals surface area contributed by atoms with Gasteiger partial charge in [0, 0.05) is 13.1 Å². The molecular formula is C16H21NO5. The van der Waals surface area contributed by atoms with Crippen molar-refractivity contribution < 1.29 is 23.8 Å². The molecule has 2 rings (SSSR count). The van der Waals surface area contributed by atoms with Gasteiger partial charge in [-0.3, -0.25) is 4.79 Å². The third-order valence-corrected chi connectivity index (χ3v) is 3.52. The Morgan fingerprint density at radius 1 is 1.27 bits per heavy atom. The Bertz CT molecular complexity index is 491. The van der Waals surface area contributed by atoms with Crippen LogP contribution in [0.15, 0.2) is 30.3 Å². The largest absolute Gasteiger partial charge is 0.469 e. The summed E-state index contributed by atoms with van der Waals surface area (Å²) >= 11 is 0. The Hall–Kier alpha value is -2.08. The summed E-state index contributed by atoms with van der Waals surface area (Å²) in [7, 11) is 1.35. The molecule has 0 aliphatic carbocycles. The van der Waals surface area contributed by atoms with Gasteiger partial charge in [-0.15, -0.1) is 0 Å². The molecule has 1 saturated heterocycles. The number of hydrogen-bond donors (Lipinski definition) is 0. The summed E-state index contributed by atoms with van der Waals surface area (Å²) in [4.78, 5) is 24.9. The van der Waals surface area contributed by atoms with Crippen LogP contribution in [0.3, 0.4) is 0 Å². The van der Waals surface area contributed by atoms with E-state index in [4.69, 9.17) is 9.47 Å². The summed E-state index contributed by atoms with van der Waals surface area (Å²) in [6, 6.07) is 9.54. The molecule has 1 heterocycles. The van der Waals surface area contributed by atoms with Crippen LogP contribution in [0.25, 0.3) is 0 Å². The van der Waals surface area contributed by atoms with Crippen molar-refractivity contribution in [3.8, 4) is 0 Å². The number of ether oxygens (including phenoxy) is 3. The third kappa shape index (κ3) is 5.04. The summed E-state index contributed by atoms with van der Waals surface area (Å²) in [5.74, 6) is -0.301. The van der Waals surface area contributed by atoms with Gasteiger partial charge in [-0.25, -0.2) is 4.79 Å². The number of methoxy groups -OCH3 is 1. The van der Waals surface area contributed by atoms with Crippen LogP contribution in [0.5, 0.6) is 0 Å². The molecule has 1 unspecified atom stereocenters. The van der Waals surface area contributed by atoms with Gasteiger partial charge >= 0.3 is 12.1 Å². The molecule has 0 spiro atoms. The average Bonchev–Trinajstić information content (AvgIpc) is 2.79. The van der Waals surface area contributed by atoms with Gasteiger partial charge in [0.1, 0.15) is 6.61 Å². The van der Waals surface area contributed by atoms with Crippen LogP contribution in [-0.4, -0.2) is 49.9 Å². The summed E-state index contributed by atoms with van der Waals surface area (Å²) in [5, 5.41) is 0. The fourth-order valence-corrected chi connectivity index (χ4v) is 2.25. The van der Waals surface area contributed by atoms with Gasteiger partial charge < -0.3 is 19.1 Å². The maximum absolute atomic E-state index is 12.1. The smallest absolute Gasteiger partial charge is 0.410 e. The zero-order valence-electron chi connectivity index (χ0n) is 12.7. The van der Waals surface area contributed by atoms with Gasteiger partial charge in [-0.05, 0) is 12.0 Å². The van der Waals surface area contributed by atoms with Crippen LogP contribution >= 0.6 is 0 Å². The summed E-state index contributed by atoms with van der Waals surface area (Å²) in [6.45, 7) is 1.62. The maximum atomic E-state index is 12.1. The minimum atomic E-state index is -0.355. The first-order valence-electron chi connectivity index (χ1n) is 7.33. The predicted octanol–water partition coefficient (Wildman–Crippen LogP) is 1.98. The molecule has 1 aromatic rings. The molecule has 1 amide bonds. The maximum Gasteiger partial charge on any atom is 0.410 e. The molecular weight excluding hydrogens is 286 g/mol. The second-order valence-electron chi connectivity index (χ2n) is 5.09. The Morgan fingerprint density at radius 3 is 2.77 bits per heavy atom. The van der Waals surface area contributed by atoms with Gasteiger partial charge in [0.15, 0.2) is 0 Å². The van der Waals surface area contributed by atoms with Crippen LogP contribution in [0.1, 0.15) is 18.4 Å². The fraction of sp³-hybridized carbons (Fsp3) is 0.500. The lowest BCUT2D eigenvalue weighted by Gasteiger charge is -2.19. The van der Waals surface area contributed by atoms with Crippen molar-refractivity contribution in [2.24, 2.45) is 0 Å². The Kier molecular flexibility index (Phi) is 6.21. The number of amides is 1. The van der Waals surface area contributed by atoms with Crippen molar-refractivity contribution in [3.63, 3.8) is 0 Å². The lowest BCUT2D eigenvalue weighted by molar-refractivity contribution is -0.143. The number of rotatable bonds is 4. The zero-order valence-corrected chi connectivity index (χ0v) is 12.7.